The zero-order chi connectivity index (χ0) is 14.0. The van der Waals surface area contributed by atoms with E-state index in [4.69, 9.17) is 0 Å². The molecule has 100 valence electrons. The van der Waals surface area contributed by atoms with Crippen molar-refractivity contribution in [2.75, 3.05) is 7.05 Å². The molecule has 4 heteroatoms. The Bertz CT molecular complexity index is 599. The average molecular weight is 326 g/mol. The molecule has 1 atom stereocenters. The van der Waals surface area contributed by atoms with Crippen molar-refractivity contribution in [3.8, 4) is 0 Å². The van der Waals surface area contributed by atoms with Crippen LogP contribution >= 0.6 is 15.9 Å². The van der Waals surface area contributed by atoms with Crippen LogP contribution < -0.4 is 5.32 Å². The minimum atomic E-state index is -0.570. The van der Waals surface area contributed by atoms with Crippen molar-refractivity contribution in [3.63, 3.8) is 0 Å². The lowest BCUT2D eigenvalue weighted by Crippen LogP contribution is -2.19. The first kappa shape index (κ1) is 14.2. The van der Waals surface area contributed by atoms with E-state index in [1.807, 2.05) is 25.1 Å². The Balaban J connectivity index is 2.53. The Labute approximate surface area is 119 Å². The molecule has 0 radical (unpaired) electrons. The molecule has 0 spiro atoms. The first-order chi connectivity index (χ1) is 9.04. The third-order valence-electron chi connectivity index (χ3n) is 3.09. The zero-order valence-electron chi connectivity index (χ0n) is 10.7. The van der Waals surface area contributed by atoms with Crippen LogP contribution in [0.25, 0.3) is 0 Å². The van der Waals surface area contributed by atoms with E-state index in [2.05, 4.69) is 21.2 Å². The largest absolute Gasteiger partial charge is 0.309 e. The first-order valence-corrected chi connectivity index (χ1v) is 6.71. The van der Waals surface area contributed by atoms with Gasteiger partial charge in [0, 0.05) is 16.1 Å². The first-order valence-electron chi connectivity index (χ1n) is 5.92. The quantitative estimate of drug-likeness (QED) is 0.884. The number of nitrogens with one attached hydrogen (secondary N) is 1. The molecule has 0 saturated carbocycles. The summed E-state index contributed by atoms with van der Waals surface area (Å²) < 4.78 is 27.8. The smallest absolute Gasteiger partial charge is 0.131 e. The molecule has 1 unspecified atom stereocenters. The van der Waals surface area contributed by atoms with E-state index in [0.717, 1.165) is 21.7 Å². The highest BCUT2D eigenvalue weighted by atomic mass is 79.9. The lowest BCUT2D eigenvalue weighted by molar-refractivity contribution is 0.551. The van der Waals surface area contributed by atoms with Crippen molar-refractivity contribution in [3.05, 3.63) is 69.2 Å². The van der Waals surface area contributed by atoms with E-state index in [1.54, 1.807) is 7.05 Å². The van der Waals surface area contributed by atoms with Crippen LogP contribution in [0, 0.1) is 18.6 Å². The Kier molecular flexibility index (Phi) is 4.32. The molecule has 0 heterocycles. The number of rotatable bonds is 3. The summed E-state index contributed by atoms with van der Waals surface area (Å²) >= 11 is 3.52. The standard InChI is InChI=1S/C15H14BrF2N/c1-9-4-3-5-12(14(9)16)15(19-2)11-7-6-10(17)8-13(11)18/h3-8,15,19H,1-2H3. The van der Waals surface area contributed by atoms with Crippen molar-refractivity contribution < 1.29 is 8.78 Å². The van der Waals surface area contributed by atoms with E-state index >= 15 is 0 Å². The van der Waals surface area contributed by atoms with E-state index in [1.165, 1.54) is 12.1 Å². The van der Waals surface area contributed by atoms with E-state index in [0.29, 0.717) is 5.56 Å². The number of hydrogen-bond donors (Lipinski definition) is 1. The van der Waals surface area contributed by atoms with Crippen molar-refractivity contribution in [2.24, 2.45) is 0 Å². The summed E-state index contributed by atoms with van der Waals surface area (Å²) in [4.78, 5) is 0. The molecule has 19 heavy (non-hydrogen) atoms. The van der Waals surface area contributed by atoms with Gasteiger partial charge in [0.2, 0.25) is 0 Å². The fourth-order valence-corrected chi connectivity index (χ4v) is 2.60. The van der Waals surface area contributed by atoms with E-state index in [9.17, 15) is 8.78 Å². The van der Waals surface area contributed by atoms with Gasteiger partial charge < -0.3 is 5.32 Å². The molecule has 2 aromatic rings. The lowest BCUT2D eigenvalue weighted by Gasteiger charge is -2.20. The monoisotopic (exact) mass is 325 g/mol. The van der Waals surface area contributed by atoms with Crippen LogP contribution in [0.3, 0.4) is 0 Å². The van der Waals surface area contributed by atoms with Crippen LogP contribution in [-0.2, 0) is 0 Å². The van der Waals surface area contributed by atoms with Crippen LogP contribution in [0.15, 0.2) is 40.9 Å². The number of aryl methyl sites for hydroxylation is 1. The Morgan fingerprint density at radius 1 is 1.11 bits per heavy atom. The number of halogens is 3. The molecule has 0 bridgehead atoms. The average Bonchev–Trinajstić information content (AvgIpc) is 2.37. The minimum Gasteiger partial charge on any atom is -0.309 e. The second kappa shape index (κ2) is 5.80. The maximum Gasteiger partial charge on any atom is 0.131 e. The van der Waals surface area contributed by atoms with Gasteiger partial charge in [-0.25, -0.2) is 8.78 Å². The molecule has 0 aliphatic heterocycles. The van der Waals surface area contributed by atoms with Crippen molar-refractivity contribution in [1.82, 2.24) is 5.32 Å². The van der Waals surface area contributed by atoms with Gasteiger partial charge in [-0.3, -0.25) is 0 Å². The van der Waals surface area contributed by atoms with Crippen LogP contribution in [0.4, 0.5) is 8.78 Å². The number of benzene rings is 2. The molecule has 0 amide bonds. The number of hydrogen-bond acceptors (Lipinski definition) is 1. The molecule has 0 fully saturated rings. The SMILES string of the molecule is CNC(c1ccc(F)cc1F)c1cccc(C)c1Br. The van der Waals surface area contributed by atoms with Crippen LogP contribution in [0.1, 0.15) is 22.7 Å². The topological polar surface area (TPSA) is 12.0 Å². The van der Waals surface area contributed by atoms with Gasteiger partial charge in [0.25, 0.3) is 0 Å². The predicted molar refractivity (Wildman–Crippen MR) is 76.1 cm³/mol. The molecule has 0 aromatic heterocycles. The Morgan fingerprint density at radius 2 is 1.84 bits per heavy atom. The second-order valence-corrected chi connectivity index (χ2v) is 5.16. The van der Waals surface area contributed by atoms with Gasteiger partial charge in [0.1, 0.15) is 11.6 Å². The highest BCUT2D eigenvalue weighted by Gasteiger charge is 2.19. The molecular formula is C15H14BrF2N. The van der Waals surface area contributed by atoms with Gasteiger partial charge in [-0.05, 0) is 31.2 Å². The van der Waals surface area contributed by atoms with Gasteiger partial charge in [0.15, 0.2) is 0 Å². The Hall–Kier alpha value is -1.26. The van der Waals surface area contributed by atoms with Crippen LogP contribution in [0.2, 0.25) is 0 Å². The summed E-state index contributed by atoms with van der Waals surface area (Å²) in [5, 5.41) is 3.07. The highest BCUT2D eigenvalue weighted by Crippen LogP contribution is 2.31. The molecule has 2 aromatic carbocycles. The fraction of sp³-hybridized carbons (Fsp3) is 0.200. The van der Waals surface area contributed by atoms with E-state index < -0.39 is 11.6 Å². The molecule has 1 nitrogen and oxygen atoms in total. The van der Waals surface area contributed by atoms with Crippen molar-refractivity contribution in [1.29, 1.82) is 0 Å². The zero-order valence-corrected chi connectivity index (χ0v) is 12.3. The van der Waals surface area contributed by atoms with Gasteiger partial charge in [-0.1, -0.05) is 40.2 Å². The van der Waals surface area contributed by atoms with Crippen LogP contribution in [-0.4, -0.2) is 7.05 Å². The van der Waals surface area contributed by atoms with Gasteiger partial charge in [0.05, 0.1) is 6.04 Å². The summed E-state index contributed by atoms with van der Waals surface area (Å²) in [7, 11) is 1.75. The maximum atomic E-state index is 13.9. The molecule has 0 saturated heterocycles. The van der Waals surface area contributed by atoms with Gasteiger partial charge >= 0.3 is 0 Å². The van der Waals surface area contributed by atoms with Crippen LogP contribution in [0.5, 0.6) is 0 Å². The summed E-state index contributed by atoms with van der Waals surface area (Å²) in [5.41, 5.74) is 2.42. The fourth-order valence-electron chi connectivity index (χ4n) is 2.11. The molecule has 0 aliphatic carbocycles. The van der Waals surface area contributed by atoms with Crippen molar-refractivity contribution in [2.45, 2.75) is 13.0 Å². The van der Waals surface area contributed by atoms with Crippen molar-refractivity contribution >= 4 is 15.9 Å². The molecule has 2 rings (SSSR count). The third-order valence-corrected chi connectivity index (χ3v) is 4.18. The predicted octanol–water partition coefficient (Wildman–Crippen LogP) is 4.34. The second-order valence-electron chi connectivity index (χ2n) is 4.37. The van der Waals surface area contributed by atoms with E-state index in [-0.39, 0.29) is 6.04 Å². The molecule has 0 aliphatic rings. The van der Waals surface area contributed by atoms with Gasteiger partial charge in [-0.15, -0.1) is 0 Å². The summed E-state index contributed by atoms with van der Waals surface area (Å²) in [6.07, 6.45) is 0. The van der Waals surface area contributed by atoms with Gasteiger partial charge in [-0.2, -0.15) is 0 Å². The third kappa shape index (κ3) is 2.85. The summed E-state index contributed by atoms with van der Waals surface area (Å²) in [6.45, 7) is 1.97. The highest BCUT2D eigenvalue weighted by molar-refractivity contribution is 9.10. The lowest BCUT2D eigenvalue weighted by atomic mass is 9.97. The molecule has 1 N–H and O–H groups in total. The normalized spacial score (nSPS) is 12.5. The summed E-state index contributed by atoms with van der Waals surface area (Å²) in [6, 6.07) is 9.13. The summed E-state index contributed by atoms with van der Waals surface area (Å²) in [5.74, 6) is -1.12. The maximum absolute atomic E-state index is 13.9. The molecular weight excluding hydrogens is 312 g/mol. The minimum absolute atomic E-state index is 0.324. The Morgan fingerprint density at radius 3 is 2.47 bits per heavy atom.